The van der Waals surface area contributed by atoms with Crippen LogP contribution in [0.2, 0.25) is 0 Å². The van der Waals surface area contributed by atoms with Crippen LogP contribution in [0.1, 0.15) is 26.7 Å². The second kappa shape index (κ2) is 10.1. The number of thioether (sulfide) groups is 1. The number of nitrogens with one attached hydrogen (secondary N) is 2. The highest BCUT2D eigenvalue weighted by Crippen LogP contribution is 2.52. The maximum absolute atomic E-state index is 12.6. The number of fused-ring (bicyclic) bond motifs is 5. The number of guanidine groups is 1. The first-order valence-corrected chi connectivity index (χ1v) is 10.9. The summed E-state index contributed by atoms with van der Waals surface area (Å²) in [4.78, 5) is 31.4. The Morgan fingerprint density at radius 2 is 1.89 bits per heavy atom. The molecule has 5 atom stereocenters. The minimum Gasteiger partial charge on any atom is -0.357 e. The third-order valence-electron chi connectivity index (χ3n) is 5.67. The first-order chi connectivity index (χ1) is 12.6. The number of hydrogen-bond acceptors (Lipinski definition) is 4. The van der Waals surface area contributed by atoms with Crippen molar-refractivity contribution in [3.63, 3.8) is 0 Å². The number of hydrogen-bond donors (Lipinski definition) is 2. The maximum Gasteiger partial charge on any atom is 0.233 e. The predicted octanol–water partition coefficient (Wildman–Crippen LogP) is 2.11. The third kappa shape index (κ3) is 4.81. The highest BCUT2D eigenvalue weighted by molar-refractivity contribution is 14.0. The Balaban J connectivity index is 0.00000261. The van der Waals surface area contributed by atoms with Crippen molar-refractivity contribution in [3.8, 4) is 0 Å². The molecule has 3 aliphatic rings. The molecule has 8 heteroatoms. The fourth-order valence-electron chi connectivity index (χ4n) is 4.26. The van der Waals surface area contributed by atoms with E-state index >= 15 is 0 Å². The Labute approximate surface area is 183 Å². The van der Waals surface area contributed by atoms with Crippen molar-refractivity contribution in [2.75, 3.05) is 32.4 Å². The molecule has 27 heavy (non-hydrogen) atoms. The predicted molar refractivity (Wildman–Crippen MR) is 121 cm³/mol. The van der Waals surface area contributed by atoms with E-state index in [0.717, 1.165) is 31.9 Å². The summed E-state index contributed by atoms with van der Waals surface area (Å²) < 4.78 is 0. The van der Waals surface area contributed by atoms with Crippen molar-refractivity contribution in [2.45, 2.75) is 31.9 Å². The largest absolute Gasteiger partial charge is 0.357 e. The molecule has 2 aliphatic carbocycles. The highest BCUT2D eigenvalue weighted by Gasteiger charge is 2.58. The quantitative estimate of drug-likeness (QED) is 0.132. The van der Waals surface area contributed by atoms with Crippen LogP contribution >= 0.6 is 35.7 Å². The molecule has 0 aromatic rings. The number of aliphatic imine (C=N–C) groups is 1. The Bertz CT molecular complexity index is 583. The third-order valence-corrected chi connectivity index (χ3v) is 6.62. The van der Waals surface area contributed by atoms with Crippen LogP contribution in [0, 0.1) is 23.7 Å². The van der Waals surface area contributed by atoms with E-state index in [9.17, 15) is 9.59 Å². The summed E-state index contributed by atoms with van der Waals surface area (Å²) in [6.45, 7) is 6.95. The first kappa shape index (κ1) is 22.5. The SMILES string of the molecule is CCNC(=NCC(C)SC)NCCCN1C(=O)C2C3C=CC(C3)C2C1=O.I. The number of carbonyl (C=O) groups is 2. The molecule has 2 amide bonds. The second-order valence-corrected chi connectivity index (χ2v) is 8.65. The van der Waals surface area contributed by atoms with Gasteiger partial charge < -0.3 is 10.6 Å². The van der Waals surface area contributed by atoms with Gasteiger partial charge in [-0.05, 0) is 37.9 Å². The van der Waals surface area contributed by atoms with E-state index in [1.54, 1.807) is 11.8 Å². The molecular formula is C19H31IN4O2S. The van der Waals surface area contributed by atoms with Crippen LogP contribution < -0.4 is 10.6 Å². The summed E-state index contributed by atoms with van der Waals surface area (Å²) in [5, 5.41) is 7.02. The minimum atomic E-state index is -0.0858. The number of carbonyl (C=O) groups excluding carboxylic acids is 2. The van der Waals surface area contributed by atoms with Crippen LogP contribution in [0.5, 0.6) is 0 Å². The fraction of sp³-hybridized carbons (Fsp3) is 0.737. The van der Waals surface area contributed by atoms with E-state index in [4.69, 9.17) is 0 Å². The summed E-state index contributed by atoms with van der Waals surface area (Å²) in [7, 11) is 0. The van der Waals surface area contributed by atoms with Gasteiger partial charge in [-0.3, -0.25) is 19.5 Å². The van der Waals surface area contributed by atoms with Crippen molar-refractivity contribution in [3.05, 3.63) is 12.2 Å². The topological polar surface area (TPSA) is 73.8 Å². The molecule has 2 fully saturated rings. The molecule has 6 nitrogen and oxygen atoms in total. The lowest BCUT2D eigenvalue weighted by molar-refractivity contribution is -0.140. The van der Waals surface area contributed by atoms with Gasteiger partial charge in [0, 0.05) is 24.9 Å². The molecule has 0 spiro atoms. The molecule has 0 aromatic carbocycles. The molecule has 1 saturated heterocycles. The molecule has 1 aliphatic heterocycles. The Kier molecular flexibility index (Phi) is 8.45. The van der Waals surface area contributed by atoms with Crippen LogP contribution in [0.4, 0.5) is 0 Å². The first-order valence-electron chi connectivity index (χ1n) is 9.65. The van der Waals surface area contributed by atoms with Gasteiger partial charge in [-0.25, -0.2) is 0 Å². The molecule has 0 radical (unpaired) electrons. The summed E-state index contributed by atoms with van der Waals surface area (Å²) in [6.07, 6.45) is 8.08. The summed E-state index contributed by atoms with van der Waals surface area (Å²) in [5.41, 5.74) is 0. The smallest absolute Gasteiger partial charge is 0.233 e. The van der Waals surface area contributed by atoms with Gasteiger partial charge in [0.1, 0.15) is 0 Å². The number of halogens is 1. The summed E-state index contributed by atoms with van der Waals surface area (Å²) >= 11 is 1.79. The van der Waals surface area contributed by atoms with Gasteiger partial charge in [0.15, 0.2) is 5.96 Å². The van der Waals surface area contributed by atoms with E-state index in [0.29, 0.717) is 18.3 Å². The molecule has 3 rings (SSSR count). The second-order valence-electron chi connectivity index (χ2n) is 7.37. The Morgan fingerprint density at radius 3 is 2.44 bits per heavy atom. The monoisotopic (exact) mass is 506 g/mol. The number of imide groups is 1. The van der Waals surface area contributed by atoms with Crippen LogP contribution in [0.15, 0.2) is 17.1 Å². The Morgan fingerprint density at radius 1 is 1.26 bits per heavy atom. The van der Waals surface area contributed by atoms with E-state index in [2.05, 4.69) is 41.0 Å². The van der Waals surface area contributed by atoms with Crippen molar-refractivity contribution < 1.29 is 9.59 Å². The van der Waals surface area contributed by atoms with Gasteiger partial charge in [0.2, 0.25) is 11.8 Å². The number of nitrogens with zero attached hydrogens (tertiary/aromatic N) is 2. The summed E-state index contributed by atoms with van der Waals surface area (Å²) in [6, 6.07) is 0. The number of rotatable bonds is 8. The zero-order valence-electron chi connectivity index (χ0n) is 16.3. The standard InChI is InChI=1S/C19H30N4O2S.HI/c1-4-20-19(22-11-12(2)26-3)21-8-5-9-23-17(24)15-13-6-7-14(10-13)16(15)18(23)25;/h6-7,12-16H,4-5,8-11H2,1-3H3,(H2,20,21,22);1H. The average Bonchev–Trinajstić information content (AvgIpc) is 3.31. The Hall–Kier alpha value is -0.770. The maximum atomic E-state index is 12.6. The molecule has 0 aromatic heterocycles. The van der Waals surface area contributed by atoms with E-state index in [1.165, 1.54) is 4.90 Å². The van der Waals surface area contributed by atoms with Gasteiger partial charge in [0.05, 0.1) is 18.4 Å². The van der Waals surface area contributed by atoms with Crippen molar-refractivity contribution in [1.82, 2.24) is 15.5 Å². The summed E-state index contributed by atoms with van der Waals surface area (Å²) in [5.74, 6) is 1.30. The average molecular weight is 506 g/mol. The number of allylic oxidation sites excluding steroid dienone is 2. The zero-order chi connectivity index (χ0) is 18.7. The van der Waals surface area contributed by atoms with Crippen molar-refractivity contribution in [2.24, 2.45) is 28.7 Å². The number of amides is 2. The molecular weight excluding hydrogens is 475 g/mol. The molecule has 5 unspecified atom stereocenters. The molecule has 1 saturated carbocycles. The molecule has 1 heterocycles. The fourth-order valence-corrected chi connectivity index (χ4v) is 4.49. The van der Waals surface area contributed by atoms with Crippen LogP contribution in [-0.2, 0) is 9.59 Å². The van der Waals surface area contributed by atoms with Crippen LogP contribution in [-0.4, -0.2) is 60.4 Å². The molecule has 2 N–H and O–H groups in total. The normalized spacial score (nSPS) is 29.7. The van der Waals surface area contributed by atoms with E-state index in [1.807, 2.05) is 6.92 Å². The zero-order valence-corrected chi connectivity index (χ0v) is 19.5. The lowest BCUT2D eigenvalue weighted by atomic mass is 9.85. The van der Waals surface area contributed by atoms with Gasteiger partial charge in [0.25, 0.3) is 0 Å². The lowest BCUT2D eigenvalue weighted by Gasteiger charge is -2.18. The highest BCUT2D eigenvalue weighted by atomic mass is 127. The molecule has 152 valence electrons. The molecule has 2 bridgehead atoms. The van der Waals surface area contributed by atoms with Crippen molar-refractivity contribution >= 4 is 53.5 Å². The van der Waals surface area contributed by atoms with Gasteiger partial charge >= 0.3 is 0 Å². The van der Waals surface area contributed by atoms with Crippen LogP contribution in [0.3, 0.4) is 0 Å². The van der Waals surface area contributed by atoms with Crippen LogP contribution in [0.25, 0.3) is 0 Å². The number of likely N-dealkylation sites (tertiary alicyclic amines) is 1. The van der Waals surface area contributed by atoms with Crippen molar-refractivity contribution in [1.29, 1.82) is 0 Å². The lowest BCUT2D eigenvalue weighted by Crippen LogP contribution is -2.40. The van der Waals surface area contributed by atoms with E-state index in [-0.39, 0.29) is 59.5 Å². The van der Waals surface area contributed by atoms with Gasteiger partial charge in [-0.15, -0.1) is 24.0 Å². The van der Waals surface area contributed by atoms with Gasteiger partial charge in [-0.2, -0.15) is 11.8 Å². The minimum absolute atomic E-state index is 0. The van der Waals surface area contributed by atoms with Gasteiger partial charge in [-0.1, -0.05) is 19.1 Å². The van der Waals surface area contributed by atoms with E-state index < -0.39 is 0 Å².